The number of para-hydroxylation sites is 1. The highest BCUT2D eigenvalue weighted by Gasteiger charge is 2.24. The Morgan fingerprint density at radius 3 is 2.36 bits per heavy atom. The van der Waals surface area contributed by atoms with Gasteiger partial charge in [0.25, 0.3) is 0 Å². The average molecular weight is 196 g/mol. The summed E-state index contributed by atoms with van der Waals surface area (Å²) in [6, 6.07) is 8.54. The first-order valence-electron chi connectivity index (χ1n) is 4.24. The van der Waals surface area contributed by atoms with Crippen LogP contribution < -0.4 is 4.74 Å². The van der Waals surface area contributed by atoms with E-state index in [-0.39, 0.29) is 0 Å². The van der Waals surface area contributed by atoms with Gasteiger partial charge in [-0.2, -0.15) is 0 Å². The first-order chi connectivity index (χ1) is 6.61. The molecule has 0 heterocycles. The van der Waals surface area contributed by atoms with Gasteiger partial charge in [-0.05, 0) is 19.1 Å². The van der Waals surface area contributed by atoms with Crippen molar-refractivity contribution in [1.82, 2.24) is 0 Å². The van der Waals surface area contributed by atoms with Crippen LogP contribution in [0.15, 0.2) is 30.3 Å². The molecule has 0 aliphatic rings. The van der Waals surface area contributed by atoms with Crippen molar-refractivity contribution in [2.45, 2.75) is 19.1 Å². The van der Waals surface area contributed by atoms with E-state index in [2.05, 4.69) is 0 Å². The lowest BCUT2D eigenvalue weighted by molar-refractivity contribution is -0.149. The molecule has 4 heteroatoms. The fourth-order valence-electron chi connectivity index (χ4n) is 1.00. The van der Waals surface area contributed by atoms with E-state index in [1.54, 1.807) is 30.3 Å². The van der Waals surface area contributed by atoms with Crippen molar-refractivity contribution in [3.8, 4) is 5.75 Å². The maximum atomic E-state index is 10.7. The van der Waals surface area contributed by atoms with Crippen molar-refractivity contribution in [3.63, 3.8) is 0 Å². The number of carboxylic acids is 1. The minimum absolute atomic E-state index is 0.431. The van der Waals surface area contributed by atoms with Crippen molar-refractivity contribution < 1.29 is 19.7 Å². The predicted molar refractivity (Wildman–Crippen MR) is 50.2 cm³/mol. The highest BCUT2D eigenvalue weighted by atomic mass is 16.5. The zero-order valence-corrected chi connectivity index (χ0v) is 7.75. The minimum Gasteiger partial charge on any atom is -0.478 e. The zero-order valence-electron chi connectivity index (χ0n) is 7.75. The molecule has 0 fully saturated rings. The first kappa shape index (κ1) is 10.5. The van der Waals surface area contributed by atoms with Gasteiger partial charge >= 0.3 is 5.97 Å². The van der Waals surface area contributed by atoms with E-state index in [0.717, 1.165) is 0 Å². The van der Waals surface area contributed by atoms with Crippen molar-refractivity contribution in [3.05, 3.63) is 30.3 Å². The second-order valence-electron chi connectivity index (χ2n) is 2.93. The van der Waals surface area contributed by atoms with Crippen LogP contribution in [0.25, 0.3) is 0 Å². The summed E-state index contributed by atoms with van der Waals surface area (Å²) in [5.41, 5.74) is 0. The summed E-state index contributed by atoms with van der Waals surface area (Å²) in [6.45, 7) is 1.38. The van der Waals surface area contributed by atoms with Crippen LogP contribution >= 0.6 is 0 Å². The Labute approximate surface area is 81.8 Å². The Kier molecular flexibility index (Phi) is 3.48. The summed E-state index contributed by atoms with van der Waals surface area (Å²) in [4.78, 5) is 10.7. The van der Waals surface area contributed by atoms with Gasteiger partial charge in [0, 0.05) is 0 Å². The number of hydrogen-bond acceptors (Lipinski definition) is 3. The van der Waals surface area contributed by atoms with E-state index in [1.165, 1.54) is 6.92 Å². The van der Waals surface area contributed by atoms with Gasteiger partial charge in [-0.25, -0.2) is 4.79 Å². The molecule has 0 aliphatic carbocycles. The van der Waals surface area contributed by atoms with Crippen LogP contribution in [0.2, 0.25) is 0 Å². The molecule has 1 aromatic rings. The molecule has 2 atom stereocenters. The number of carboxylic acid groups (broad SMARTS) is 1. The van der Waals surface area contributed by atoms with E-state index in [9.17, 15) is 4.79 Å². The lowest BCUT2D eigenvalue weighted by Crippen LogP contribution is -2.37. The monoisotopic (exact) mass is 196 g/mol. The summed E-state index contributed by atoms with van der Waals surface area (Å²) in [5, 5.41) is 17.9. The molecule has 0 spiro atoms. The lowest BCUT2D eigenvalue weighted by Gasteiger charge is -2.17. The van der Waals surface area contributed by atoms with Crippen molar-refractivity contribution in [2.75, 3.05) is 0 Å². The van der Waals surface area contributed by atoms with Gasteiger partial charge in [-0.3, -0.25) is 0 Å². The van der Waals surface area contributed by atoms with Gasteiger partial charge in [-0.1, -0.05) is 18.2 Å². The highest BCUT2D eigenvalue weighted by Crippen LogP contribution is 2.12. The second kappa shape index (κ2) is 4.62. The highest BCUT2D eigenvalue weighted by molar-refractivity contribution is 5.73. The Bertz CT molecular complexity index is 294. The van der Waals surface area contributed by atoms with Crippen molar-refractivity contribution >= 4 is 5.97 Å². The van der Waals surface area contributed by atoms with Gasteiger partial charge < -0.3 is 14.9 Å². The van der Waals surface area contributed by atoms with Crippen LogP contribution in [-0.2, 0) is 4.79 Å². The summed E-state index contributed by atoms with van der Waals surface area (Å²) < 4.78 is 5.09. The van der Waals surface area contributed by atoms with Gasteiger partial charge in [0.2, 0.25) is 6.10 Å². The standard InChI is InChI=1S/C10H12O4/c1-7(11)9(10(12)13)14-8-5-3-2-4-6-8/h2-7,9,11H,1H3,(H,12,13)/t7?,9-/m1/s1. The number of rotatable bonds is 4. The SMILES string of the molecule is CC(O)[C@@H](Oc1ccccc1)C(=O)O. The second-order valence-corrected chi connectivity index (χ2v) is 2.93. The number of benzene rings is 1. The van der Waals surface area contributed by atoms with Crippen LogP contribution in [0.3, 0.4) is 0 Å². The van der Waals surface area contributed by atoms with Gasteiger partial charge in [0.15, 0.2) is 0 Å². The molecule has 1 rings (SSSR count). The number of aliphatic hydroxyl groups excluding tert-OH is 1. The molecule has 1 aromatic carbocycles. The maximum absolute atomic E-state index is 10.7. The maximum Gasteiger partial charge on any atom is 0.347 e. The van der Waals surface area contributed by atoms with E-state index < -0.39 is 18.2 Å². The first-order valence-corrected chi connectivity index (χ1v) is 4.24. The lowest BCUT2D eigenvalue weighted by atomic mass is 10.2. The molecule has 1 unspecified atom stereocenters. The molecule has 0 saturated carbocycles. The van der Waals surface area contributed by atoms with Crippen LogP contribution in [0.4, 0.5) is 0 Å². The molecular formula is C10H12O4. The fraction of sp³-hybridized carbons (Fsp3) is 0.300. The number of ether oxygens (including phenoxy) is 1. The summed E-state index contributed by atoms with van der Waals surface area (Å²) in [7, 11) is 0. The Balaban J connectivity index is 2.70. The molecular weight excluding hydrogens is 184 g/mol. The fourth-order valence-corrected chi connectivity index (χ4v) is 1.00. The van der Waals surface area contributed by atoms with Crippen LogP contribution in [0.1, 0.15) is 6.92 Å². The zero-order chi connectivity index (χ0) is 10.6. The van der Waals surface area contributed by atoms with Crippen LogP contribution in [-0.4, -0.2) is 28.4 Å². The van der Waals surface area contributed by atoms with E-state index in [4.69, 9.17) is 14.9 Å². The summed E-state index contributed by atoms with van der Waals surface area (Å²) >= 11 is 0. The Morgan fingerprint density at radius 2 is 1.93 bits per heavy atom. The largest absolute Gasteiger partial charge is 0.478 e. The molecule has 0 aliphatic heterocycles. The molecule has 0 amide bonds. The third-order valence-corrected chi connectivity index (χ3v) is 1.69. The van der Waals surface area contributed by atoms with E-state index >= 15 is 0 Å². The van der Waals surface area contributed by atoms with E-state index in [1.807, 2.05) is 0 Å². The molecule has 0 aromatic heterocycles. The molecule has 2 N–H and O–H groups in total. The quantitative estimate of drug-likeness (QED) is 0.750. The molecule has 0 radical (unpaired) electrons. The van der Waals surface area contributed by atoms with Crippen LogP contribution in [0.5, 0.6) is 5.75 Å². The topological polar surface area (TPSA) is 66.8 Å². The smallest absolute Gasteiger partial charge is 0.347 e. The molecule has 0 saturated heterocycles. The molecule has 4 nitrogen and oxygen atoms in total. The van der Waals surface area contributed by atoms with Gasteiger partial charge in [-0.15, -0.1) is 0 Å². The predicted octanol–water partition coefficient (Wildman–Crippen LogP) is 0.899. The summed E-state index contributed by atoms with van der Waals surface area (Å²) in [6.07, 6.45) is -2.27. The number of hydrogen-bond donors (Lipinski definition) is 2. The number of aliphatic hydroxyl groups is 1. The van der Waals surface area contributed by atoms with Crippen molar-refractivity contribution in [2.24, 2.45) is 0 Å². The molecule has 76 valence electrons. The third-order valence-electron chi connectivity index (χ3n) is 1.69. The Morgan fingerprint density at radius 1 is 1.36 bits per heavy atom. The molecule has 0 bridgehead atoms. The average Bonchev–Trinajstić information content (AvgIpc) is 2.15. The minimum atomic E-state index is -1.22. The van der Waals surface area contributed by atoms with E-state index in [0.29, 0.717) is 5.75 Å². The summed E-state index contributed by atoms with van der Waals surface area (Å²) in [5.74, 6) is -0.746. The van der Waals surface area contributed by atoms with Crippen molar-refractivity contribution in [1.29, 1.82) is 0 Å². The molecule has 14 heavy (non-hydrogen) atoms. The van der Waals surface area contributed by atoms with Gasteiger partial charge in [0.1, 0.15) is 5.75 Å². The number of carbonyl (C=O) groups is 1. The Hall–Kier alpha value is -1.55. The number of aliphatic carboxylic acids is 1. The normalized spacial score (nSPS) is 14.4. The van der Waals surface area contributed by atoms with Gasteiger partial charge in [0.05, 0.1) is 6.10 Å². The third kappa shape index (κ3) is 2.74. The van der Waals surface area contributed by atoms with Crippen LogP contribution in [0, 0.1) is 0 Å².